The molecule has 0 fully saturated rings. The minimum Gasteiger partial charge on any atom is -0.285 e. The third-order valence-electron chi connectivity index (χ3n) is 3.52. The maximum Gasteiger partial charge on any atom is 0.259 e. The van der Waals surface area contributed by atoms with Crippen LogP contribution in [0.4, 0.5) is 14.5 Å². The normalized spacial score (nSPS) is 15.9. The van der Waals surface area contributed by atoms with Gasteiger partial charge in [-0.1, -0.05) is 17.7 Å². The summed E-state index contributed by atoms with van der Waals surface area (Å²) in [5, 5.41) is 9.69. The van der Waals surface area contributed by atoms with Crippen molar-refractivity contribution in [1.82, 2.24) is 0 Å². The second-order valence-electron chi connectivity index (χ2n) is 4.91. The smallest absolute Gasteiger partial charge is 0.259 e. The van der Waals surface area contributed by atoms with Gasteiger partial charge in [0.25, 0.3) is 5.91 Å². The molecule has 3 rings (SSSR count). The Labute approximate surface area is 136 Å². The molecule has 0 spiro atoms. The lowest BCUT2D eigenvalue weighted by atomic mass is 10.0. The number of nitriles is 1. The van der Waals surface area contributed by atoms with Crippen molar-refractivity contribution in [2.24, 2.45) is 0 Å². The van der Waals surface area contributed by atoms with E-state index in [0.29, 0.717) is 10.6 Å². The highest BCUT2D eigenvalue weighted by Crippen LogP contribution is 2.34. The van der Waals surface area contributed by atoms with Crippen LogP contribution in [0.5, 0.6) is 0 Å². The van der Waals surface area contributed by atoms with Crippen molar-refractivity contribution in [1.29, 1.82) is 5.26 Å². The van der Waals surface area contributed by atoms with Crippen LogP contribution in [0.1, 0.15) is 15.9 Å². The first-order valence-electron chi connectivity index (χ1n) is 6.68. The second kappa shape index (κ2) is 5.82. The first kappa shape index (κ1) is 15.2. The van der Waals surface area contributed by atoms with Gasteiger partial charge in [-0.05, 0) is 42.5 Å². The van der Waals surface area contributed by atoms with Gasteiger partial charge < -0.3 is 0 Å². The number of nitrogens with zero attached hydrogens (tertiary/aromatic N) is 2. The van der Waals surface area contributed by atoms with Crippen molar-refractivity contribution >= 4 is 29.3 Å². The highest BCUT2D eigenvalue weighted by atomic mass is 35.5. The molecule has 0 N–H and O–H groups in total. The molecule has 1 amide bonds. The molecule has 0 saturated carbocycles. The van der Waals surface area contributed by atoms with Crippen LogP contribution < -0.4 is 4.90 Å². The average molecular weight is 331 g/mol. The van der Waals surface area contributed by atoms with Gasteiger partial charge in [-0.2, -0.15) is 5.26 Å². The van der Waals surface area contributed by atoms with Crippen LogP contribution in [-0.4, -0.2) is 11.9 Å². The summed E-state index contributed by atoms with van der Waals surface area (Å²) in [6.45, 7) is 0. The van der Waals surface area contributed by atoms with Crippen molar-refractivity contribution in [3.05, 3.63) is 70.3 Å². The van der Waals surface area contributed by atoms with Crippen LogP contribution in [0.25, 0.3) is 6.08 Å². The number of amides is 1. The highest BCUT2D eigenvalue weighted by Gasteiger charge is 2.32. The largest absolute Gasteiger partial charge is 0.285 e. The quantitative estimate of drug-likeness (QED) is 0.787. The van der Waals surface area contributed by atoms with Gasteiger partial charge in [-0.3, -0.25) is 9.69 Å². The lowest BCUT2D eigenvalue weighted by Gasteiger charge is -2.30. The molecule has 114 valence electrons. The van der Waals surface area contributed by atoms with Crippen molar-refractivity contribution in [3.8, 4) is 6.07 Å². The molecule has 0 bridgehead atoms. The fourth-order valence-corrected chi connectivity index (χ4v) is 2.54. The summed E-state index contributed by atoms with van der Waals surface area (Å²) in [5.74, 6) is -2.85. The zero-order valence-corrected chi connectivity index (χ0v) is 12.4. The Bertz CT molecular complexity index is 856. The van der Waals surface area contributed by atoms with Gasteiger partial charge >= 0.3 is 0 Å². The van der Waals surface area contributed by atoms with Gasteiger partial charge in [0.05, 0.1) is 11.8 Å². The van der Waals surface area contributed by atoms with Crippen molar-refractivity contribution in [3.63, 3.8) is 0 Å². The Morgan fingerprint density at radius 3 is 2.52 bits per heavy atom. The van der Waals surface area contributed by atoms with Crippen LogP contribution in [0, 0.1) is 23.0 Å². The van der Waals surface area contributed by atoms with Crippen LogP contribution in [0.15, 0.2) is 42.5 Å². The van der Waals surface area contributed by atoms with Crippen LogP contribution >= 0.6 is 11.6 Å². The monoisotopic (exact) mass is 330 g/mol. The van der Waals surface area contributed by atoms with Crippen LogP contribution in [-0.2, 0) is 0 Å². The van der Waals surface area contributed by atoms with E-state index in [-0.39, 0.29) is 11.3 Å². The summed E-state index contributed by atoms with van der Waals surface area (Å²) in [7, 11) is 0. The summed E-state index contributed by atoms with van der Waals surface area (Å²) in [5.41, 5.74) is 0.316. The van der Waals surface area contributed by atoms with E-state index >= 15 is 0 Å². The molecule has 3 nitrogen and oxygen atoms in total. The molecule has 1 atom stereocenters. The molecule has 1 unspecified atom stereocenters. The van der Waals surface area contributed by atoms with Gasteiger partial charge in [0, 0.05) is 16.1 Å². The molecule has 1 aliphatic rings. The van der Waals surface area contributed by atoms with E-state index in [4.69, 9.17) is 11.6 Å². The minimum absolute atomic E-state index is 0.222. The Kier molecular flexibility index (Phi) is 3.85. The van der Waals surface area contributed by atoms with Gasteiger partial charge in [0.1, 0.15) is 6.04 Å². The van der Waals surface area contributed by atoms with Crippen LogP contribution in [0.2, 0.25) is 5.02 Å². The average Bonchev–Trinajstić information content (AvgIpc) is 2.57. The molecule has 1 heterocycles. The molecule has 2 aromatic carbocycles. The molecule has 0 saturated heterocycles. The van der Waals surface area contributed by atoms with E-state index < -0.39 is 23.6 Å². The summed E-state index contributed by atoms with van der Waals surface area (Å²) in [6, 6.07) is 9.18. The van der Waals surface area contributed by atoms with E-state index in [9.17, 15) is 18.8 Å². The number of carbonyl (C=O) groups excluding carboxylic acids is 1. The number of hydrogen-bond donors (Lipinski definition) is 0. The minimum atomic E-state index is -1.16. The van der Waals surface area contributed by atoms with Crippen molar-refractivity contribution in [2.75, 3.05) is 4.90 Å². The molecule has 0 radical (unpaired) electrons. The first-order chi connectivity index (χ1) is 11.0. The van der Waals surface area contributed by atoms with Gasteiger partial charge in [0.2, 0.25) is 0 Å². The topological polar surface area (TPSA) is 44.1 Å². The van der Waals surface area contributed by atoms with E-state index in [2.05, 4.69) is 0 Å². The summed E-state index contributed by atoms with van der Waals surface area (Å²) >= 11 is 5.79. The SMILES string of the molecule is N#CC1C=Cc2ccc(F)c(F)c2N1C(=O)c1ccc(Cl)cc1. The lowest BCUT2D eigenvalue weighted by Crippen LogP contribution is -2.41. The van der Waals surface area contributed by atoms with E-state index in [1.54, 1.807) is 0 Å². The van der Waals surface area contributed by atoms with Gasteiger partial charge in [-0.15, -0.1) is 0 Å². The second-order valence-corrected chi connectivity index (χ2v) is 5.35. The zero-order chi connectivity index (χ0) is 16.6. The van der Waals surface area contributed by atoms with Crippen molar-refractivity contribution in [2.45, 2.75) is 6.04 Å². The highest BCUT2D eigenvalue weighted by molar-refractivity contribution is 6.30. The number of benzene rings is 2. The molecule has 23 heavy (non-hydrogen) atoms. The molecule has 6 heteroatoms. The Hall–Kier alpha value is -2.71. The summed E-state index contributed by atoms with van der Waals surface area (Å²) in [4.78, 5) is 13.7. The molecule has 1 aliphatic heterocycles. The molecule has 0 aromatic heterocycles. The number of anilines is 1. The third kappa shape index (κ3) is 2.58. The lowest BCUT2D eigenvalue weighted by molar-refractivity contribution is 0.0984. The number of fused-ring (bicyclic) bond motifs is 1. The zero-order valence-electron chi connectivity index (χ0n) is 11.6. The number of rotatable bonds is 1. The van der Waals surface area contributed by atoms with E-state index in [0.717, 1.165) is 11.0 Å². The molecule has 2 aromatic rings. The Morgan fingerprint density at radius 1 is 1.17 bits per heavy atom. The van der Waals surface area contributed by atoms with Gasteiger partial charge in [0.15, 0.2) is 11.6 Å². The van der Waals surface area contributed by atoms with E-state index in [1.807, 2.05) is 6.07 Å². The number of carbonyl (C=O) groups is 1. The van der Waals surface area contributed by atoms with Crippen molar-refractivity contribution < 1.29 is 13.6 Å². The van der Waals surface area contributed by atoms with Gasteiger partial charge in [-0.25, -0.2) is 8.78 Å². The predicted molar refractivity (Wildman–Crippen MR) is 83.1 cm³/mol. The first-order valence-corrected chi connectivity index (χ1v) is 7.05. The van der Waals surface area contributed by atoms with Crippen LogP contribution in [0.3, 0.4) is 0 Å². The maximum atomic E-state index is 14.3. The van der Waals surface area contributed by atoms with E-state index in [1.165, 1.54) is 42.5 Å². The number of hydrogen-bond acceptors (Lipinski definition) is 2. The maximum absolute atomic E-state index is 14.3. The molecule has 0 aliphatic carbocycles. The molecular formula is C17H9ClF2N2O. The fraction of sp³-hybridized carbons (Fsp3) is 0.0588. The fourth-order valence-electron chi connectivity index (χ4n) is 2.41. The Morgan fingerprint density at radius 2 is 1.87 bits per heavy atom. The third-order valence-corrected chi connectivity index (χ3v) is 3.77. The Balaban J connectivity index is 2.15. The summed E-state index contributed by atoms with van der Waals surface area (Å²) < 4.78 is 27.8. The standard InChI is InChI=1S/C17H9ClF2N2O/c18-12-5-1-11(2-6-12)17(23)22-13(9-21)7-3-10-4-8-14(19)15(20)16(10)22/h1-8,13H. The summed E-state index contributed by atoms with van der Waals surface area (Å²) in [6.07, 6.45) is 2.96. The number of halogens is 3. The molecular weight excluding hydrogens is 322 g/mol. The predicted octanol–water partition coefficient (Wildman–Crippen LogP) is 4.18.